The fourth-order valence-corrected chi connectivity index (χ4v) is 3.97. The molecule has 0 spiro atoms. The fourth-order valence-electron chi connectivity index (χ4n) is 2.16. The van der Waals surface area contributed by atoms with E-state index in [0.29, 0.717) is 29.9 Å². The van der Waals surface area contributed by atoms with Crippen LogP contribution < -0.4 is 17.1 Å². The van der Waals surface area contributed by atoms with Crippen molar-refractivity contribution in [1.29, 1.82) is 0 Å². The molecule has 0 amide bonds. The first-order valence-corrected chi connectivity index (χ1v) is 13.3. The van der Waals surface area contributed by atoms with E-state index in [1.807, 2.05) is 0 Å². The second-order valence-corrected chi connectivity index (χ2v) is 12.1. The second-order valence-electron chi connectivity index (χ2n) is 5.90. The first-order valence-electron chi connectivity index (χ1n) is 8.20. The van der Waals surface area contributed by atoms with Crippen molar-refractivity contribution in [3.8, 4) is 0 Å². The molecule has 1 rings (SSSR count). The van der Waals surface area contributed by atoms with Gasteiger partial charge in [-0.3, -0.25) is 0 Å². The Morgan fingerprint density at radius 1 is 0.533 bits per heavy atom. The van der Waals surface area contributed by atoms with Gasteiger partial charge in [0.15, 0.2) is 29.5 Å². The summed E-state index contributed by atoms with van der Waals surface area (Å²) in [7, 11) is -11.4. The smallest absolute Gasteiger partial charge is 0.247 e. The van der Waals surface area contributed by atoms with Gasteiger partial charge in [0.2, 0.25) is 0 Å². The highest BCUT2D eigenvalue weighted by molar-refractivity contribution is 7.94. The highest BCUT2D eigenvalue weighted by Gasteiger charge is 2.19. The van der Waals surface area contributed by atoms with E-state index in [1.54, 1.807) is 0 Å². The zero-order valence-corrected chi connectivity index (χ0v) is 18.3. The summed E-state index contributed by atoms with van der Waals surface area (Å²) in [6.45, 7) is 7.34. The molecule has 0 atom stereocenters. The predicted octanol–water partition coefficient (Wildman–Crippen LogP) is -2.15. The Labute approximate surface area is 172 Å². The van der Waals surface area contributed by atoms with Crippen LogP contribution in [0.2, 0.25) is 0 Å². The molecule has 0 aromatic carbocycles. The van der Waals surface area contributed by atoms with Gasteiger partial charge in [-0.05, 0) is 0 Å². The third kappa shape index (κ3) is 6.50. The Balaban J connectivity index is 3.63. The molecule has 12 nitrogen and oxygen atoms in total. The van der Waals surface area contributed by atoms with E-state index >= 15 is 0 Å². The predicted molar refractivity (Wildman–Crippen MR) is 111 cm³/mol. The number of hydrogen-bond acceptors (Lipinski definition) is 9. The van der Waals surface area contributed by atoms with Crippen LogP contribution in [0.5, 0.6) is 0 Å². The van der Waals surface area contributed by atoms with Crippen molar-refractivity contribution < 1.29 is 25.3 Å². The largest absolute Gasteiger partial charge is 0.336 e. The van der Waals surface area contributed by atoms with E-state index in [1.165, 1.54) is 0 Å². The maximum atomic E-state index is 12.6. The molecular weight excluding hydrogens is 462 g/mol. The van der Waals surface area contributed by atoms with Crippen LogP contribution in [0.4, 0.5) is 0 Å². The highest BCUT2D eigenvalue weighted by Crippen LogP contribution is 1.95. The van der Waals surface area contributed by atoms with Crippen molar-refractivity contribution in [3.63, 3.8) is 0 Å². The van der Waals surface area contributed by atoms with E-state index < -0.39 is 83.5 Å². The molecule has 0 fully saturated rings. The molecule has 0 radical (unpaired) electrons. The Morgan fingerprint density at radius 3 is 0.900 bits per heavy atom. The molecule has 1 aromatic rings. The quantitative estimate of drug-likeness (QED) is 0.322. The topological polar surface area (TPSA) is 168 Å². The van der Waals surface area contributed by atoms with Gasteiger partial charge < -0.3 is 0 Å². The summed E-state index contributed by atoms with van der Waals surface area (Å²) in [5, 5.41) is 1.87. The van der Waals surface area contributed by atoms with E-state index in [0.717, 1.165) is 0 Å². The summed E-state index contributed by atoms with van der Waals surface area (Å²) in [4.78, 5) is 37.7. The van der Waals surface area contributed by atoms with E-state index in [9.17, 15) is 39.6 Å². The van der Waals surface area contributed by atoms with Crippen molar-refractivity contribution >= 4 is 29.5 Å². The number of nitrogens with zero attached hydrogens (tertiary/aromatic N) is 3. The van der Waals surface area contributed by atoms with Crippen LogP contribution >= 0.6 is 0 Å². The van der Waals surface area contributed by atoms with Crippen LogP contribution in [-0.2, 0) is 49.1 Å². The molecule has 0 saturated heterocycles. The Morgan fingerprint density at radius 2 is 0.733 bits per heavy atom. The minimum absolute atomic E-state index is 0.420. The van der Waals surface area contributed by atoms with Crippen LogP contribution in [0.15, 0.2) is 50.3 Å². The van der Waals surface area contributed by atoms with Crippen molar-refractivity contribution in [2.75, 3.05) is 17.3 Å². The van der Waals surface area contributed by atoms with Crippen LogP contribution in [0, 0.1) is 0 Å². The van der Waals surface area contributed by atoms with Gasteiger partial charge in [-0.15, -0.1) is 0 Å². The lowest BCUT2D eigenvalue weighted by molar-refractivity contribution is 0.469. The summed E-state index contributed by atoms with van der Waals surface area (Å²) >= 11 is 0. The summed E-state index contributed by atoms with van der Waals surface area (Å²) in [5.41, 5.74) is -3.69. The third-order valence-corrected chi connectivity index (χ3v) is 7.72. The van der Waals surface area contributed by atoms with Gasteiger partial charge in [-0.1, -0.05) is 19.7 Å². The average molecular weight is 484 g/mol. The molecule has 168 valence electrons. The van der Waals surface area contributed by atoms with Gasteiger partial charge in [0.1, 0.15) is 0 Å². The van der Waals surface area contributed by atoms with Crippen LogP contribution in [0.1, 0.15) is 0 Å². The van der Waals surface area contributed by atoms with Crippen LogP contribution in [-0.4, -0.2) is 56.2 Å². The monoisotopic (exact) mass is 483 g/mol. The first kappa shape index (κ1) is 25.5. The van der Waals surface area contributed by atoms with Crippen molar-refractivity contribution in [2.45, 2.75) is 19.6 Å². The van der Waals surface area contributed by atoms with E-state index in [-0.39, 0.29) is 0 Å². The lowest BCUT2D eigenvalue weighted by Crippen LogP contribution is -2.55. The zero-order valence-electron chi connectivity index (χ0n) is 15.8. The number of aromatic nitrogens is 3. The average Bonchev–Trinajstić information content (AvgIpc) is 2.67. The van der Waals surface area contributed by atoms with Gasteiger partial charge in [-0.2, -0.15) is 0 Å². The molecule has 0 bridgehead atoms. The lowest BCUT2D eigenvalue weighted by Gasteiger charge is -2.13. The molecule has 0 aliphatic rings. The minimum Gasteiger partial charge on any atom is -0.247 e. The summed E-state index contributed by atoms with van der Waals surface area (Å²) in [6.07, 6.45) is 0. The minimum atomic E-state index is -3.82. The van der Waals surface area contributed by atoms with Crippen molar-refractivity contribution in [1.82, 2.24) is 13.7 Å². The number of hydrogen-bond donors (Lipinski definition) is 0. The second kappa shape index (κ2) is 9.53. The zero-order chi connectivity index (χ0) is 23.3. The Bertz CT molecular complexity index is 1150. The maximum Gasteiger partial charge on any atom is 0.336 e. The Hall–Kier alpha value is -2.52. The maximum absolute atomic E-state index is 12.6. The molecule has 0 aliphatic heterocycles. The highest BCUT2D eigenvalue weighted by atomic mass is 32.2. The van der Waals surface area contributed by atoms with Gasteiger partial charge in [0.25, 0.3) is 0 Å². The van der Waals surface area contributed by atoms with E-state index in [4.69, 9.17) is 0 Å². The van der Waals surface area contributed by atoms with E-state index in [2.05, 4.69) is 19.7 Å². The molecule has 0 aliphatic carbocycles. The Kier molecular flexibility index (Phi) is 8.10. The molecule has 15 heteroatoms. The molecule has 0 N–H and O–H groups in total. The van der Waals surface area contributed by atoms with Gasteiger partial charge in [0.05, 0.1) is 17.3 Å². The van der Waals surface area contributed by atoms with Gasteiger partial charge in [0, 0.05) is 35.9 Å². The van der Waals surface area contributed by atoms with Gasteiger partial charge >= 0.3 is 17.1 Å². The summed E-state index contributed by atoms with van der Waals surface area (Å²) in [6, 6.07) is 0. The lowest BCUT2D eigenvalue weighted by atomic mass is 10.6. The molecule has 1 heterocycles. The van der Waals surface area contributed by atoms with Crippen LogP contribution in [0.3, 0.4) is 0 Å². The fraction of sp³-hybridized carbons (Fsp3) is 0.400. The number of rotatable bonds is 12. The third-order valence-electron chi connectivity index (χ3n) is 3.95. The summed E-state index contributed by atoms with van der Waals surface area (Å²) < 4.78 is 71.1. The van der Waals surface area contributed by atoms with Crippen molar-refractivity contribution in [3.05, 3.63) is 67.4 Å². The first-order chi connectivity index (χ1) is 13.7. The molecule has 30 heavy (non-hydrogen) atoms. The standard InChI is InChI=1S/C15H21N3O9S3/c1-4-28(22,23)10-7-16-13(19)17(8-11-29(24,25)5-2)15(21)18(14(16)20)9-12-30(26,27)6-3/h4-6H,1-3,7-12H2. The molecule has 0 unspecified atom stereocenters. The van der Waals surface area contributed by atoms with Crippen LogP contribution in [0.25, 0.3) is 0 Å². The summed E-state index contributed by atoms with van der Waals surface area (Å²) in [5.74, 6) is -2.08. The normalized spacial score (nSPS) is 12.4. The number of sulfone groups is 3. The van der Waals surface area contributed by atoms with Gasteiger partial charge in [-0.25, -0.2) is 53.3 Å². The SMILES string of the molecule is C=CS(=O)(=O)CCn1c(=O)n(CCS(=O)(=O)C=C)c(=O)n(CCS(=O)(=O)C=C)c1=O. The molecule has 1 aromatic heterocycles. The van der Waals surface area contributed by atoms with Crippen molar-refractivity contribution in [2.24, 2.45) is 0 Å². The molecular formula is C15H21N3O9S3. The molecule has 0 saturated carbocycles.